The summed E-state index contributed by atoms with van der Waals surface area (Å²) < 4.78 is 31.3. The molecule has 0 saturated carbocycles. The summed E-state index contributed by atoms with van der Waals surface area (Å²) in [5.41, 5.74) is 3.89. The molecule has 0 aliphatic carbocycles. The summed E-state index contributed by atoms with van der Waals surface area (Å²) >= 11 is 0. The second kappa shape index (κ2) is 5.54. The average molecular weight is 341 g/mol. The molecule has 0 spiro atoms. The molecule has 0 fully saturated rings. The summed E-state index contributed by atoms with van der Waals surface area (Å²) in [6, 6.07) is 9.33. The fraction of sp³-hybridized carbons (Fsp3) is 0.176. The van der Waals surface area contributed by atoms with E-state index in [1.807, 2.05) is 30.3 Å². The van der Waals surface area contributed by atoms with Gasteiger partial charge < -0.3 is 4.42 Å². The van der Waals surface area contributed by atoms with Crippen LogP contribution in [0.15, 0.2) is 59.7 Å². The molecule has 1 unspecified atom stereocenters. The van der Waals surface area contributed by atoms with Gasteiger partial charge in [0.05, 0.1) is 12.5 Å². The third-order valence-electron chi connectivity index (χ3n) is 4.19. The lowest BCUT2D eigenvalue weighted by Crippen LogP contribution is -2.28. The summed E-state index contributed by atoms with van der Waals surface area (Å²) in [7, 11) is -3.39. The fourth-order valence-corrected chi connectivity index (χ4v) is 4.08. The minimum atomic E-state index is -3.39. The van der Waals surface area contributed by atoms with E-state index < -0.39 is 16.1 Å². The van der Waals surface area contributed by atoms with Gasteiger partial charge in [-0.15, -0.1) is 0 Å². The highest BCUT2D eigenvalue weighted by Gasteiger charge is 2.39. The normalized spacial score (nSPS) is 17.8. The lowest BCUT2D eigenvalue weighted by Gasteiger charge is -2.20. The first-order valence-electron chi connectivity index (χ1n) is 7.42. The Morgan fingerprint density at radius 3 is 2.71 bits per heavy atom. The van der Waals surface area contributed by atoms with Crippen LogP contribution < -0.4 is 0 Å². The number of hydrogen-bond acceptors (Lipinski definition) is 5. The van der Waals surface area contributed by atoms with Gasteiger partial charge in [-0.2, -0.15) is 4.31 Å². The first-order valence-corrected chi connectivity index (χ1v) is 9.27. The van der Waals surface area contributed by atoms with Gasteiger partial charge in [0.1, 0.15) is 11.8 Å². The van der Waals surface area contributed by atoms with Crippen LogP contribution in [0.25, 0.3) is 11.1 Å². The molecule has 4 rings (SSSR count). The Bertz CT molecular complexity index is 970. The van der Waals surface area contributed by atoms with Crippen LogP contribution in [-0.2, 0) is 16.6 Å². The van der Waals surface area contributed by atoms with Gasteiger partial charge in [-0.1, -0.05) is 18.2 Å². The molecule has 0 N–H and O–H groups in total. The number of fused-ring (bicyclic) bond motifs is 1. The number of hydrogen-bond donors (Lipinski definition) is 0. The molecule has 1 aliphatic heterocycles. The van der Waals surface area contributed by atoms with Gasteiger partial charge in [0.2, 0.25) is 10.0 Å². The summed E-state index contributed by atoms with van der Waals surface area (Å²) in [5, 5.41) is 0. The third kappa shape index (κ3) is 2.51. The zero-order chi connectivity index (χ0) is 16.7. The lowest BCUT2D eigenvalue weighted by atomic mass is 9.98. The number of oxazole rings is 1. The van der Waals surface area contributed by atoms with E-state index in [0.717, 1.165) is 22.3 Å². The molecular formula is C17H15N3O3S. The highest BCUT2D eigenvalue weighted by Crippen LogP contribution is 2.41. The highest BCUT2D eigenvalue weighted by atomic mass is 32.2. The highest BCUT2D eigenvalue weighted by molar-refractivity contribution is 7.88. The zero-order valence-electron chi connectivity index (χ0n) is 13.0. The minimum Gasteiger partial charge on any atom is -0.446 e. The standard InChI is InChI=1S/C17H15N3O3S/c1-24(21,22)20-10-14-7-12(13-3-2-6-18-8-13)4-5-15(14)17(20)16-9-19-11-23-16/h2-9,11,17H,10H2,1H3. The summed E-state index contributed by atoms with van der Waals surface area (Å²) in [6.45, 7) is 0.313. The van der Waals surface area contributed by atoms with Crippen molar-refractivity contribution in [3.05, 3.63) is 72.2 Å². The van der Waals surface area contributed by atoms with E-state index in [0.29, 0.717) is 12.3 Å². The Labute approximate surface area is 139 Å². The molecule has 122 valence electrons. The Balaban J connectivity index is 1.83. The SMILES string of the molecule is CS(=O)(=O)N1Cc2cc(-c3cccnc3)ccc2C1c1cnco1. The van der Waals surface area contributed by atoms with Crippen LogP contribution in [0.1, 0.15) is 22.9 Å². The molecule has 7 heteroatoms. The molecule has 1 aliphatic rings. The first-order chi connectivity index (χ1) is 11.5. The van der Waals surface area contributed by atoms with Crippen LogP contribution in [0.3, 0.4) is 0 Å². The molecule has 2 aromatic heterocycles. The smallest absolute Gasteiger partial charge is 0.212 e. The van der Waals surface area contributed by atoms with Crippen LogP contribution in [-0.4, -0.2) is 28.9 Å². The average Bonchev–Trinajstić information content (AvgIpc) is 3.21. The van der Waals surface area contributed by atoms with Gasteiger partial charge in [0.15, 0.2) is 6.39 Å². The topological polar surface area (TPSA) is 76.3 Å². The molecule has 3 aromatic rings. The molecule has 6 nitrogen and oxygen atoms in total. The van der Waals surface area contributed by atoms with E-state index in [-0.39, 0.29) is 0 Å². The van der Waals surface area contributed by atoms with Crippen LogP contribution in [0, 0.1) is 0 Å². The predicted octanol–water partition coefficient (Wildman–Crippen LogP) is 2.60. The number of nitrogens with zero attached hydrogens (tertiary/aromatic N) is 3. The van der Waals surface area contributed by atoms with Crippen molar-refractivity contribution in [3.8, 4) is 11.1 Å². The van der Waals surface area contributed by atoms with Crippen molar-refractivity contribution in [3.63, 3.8) is 0 Å². The second-order valence-electron chi connectivity index (χ2n) is 5.77. The van der Waals surface area contributed by atoms with Crippen molar-refractivity contribution in [2.75, 3.05) is 6.26 Å². The monoisotopic (exact) mass is 341 g/mol. The Kier molecular flexibility index (Phi) is 3.47. The van der Waals surface area contributed by atoms with E-state index in [4.69, 9.17) is 4.42 Å². The van der Waals surface area contributed by atoms with Crippen molar-refractivity contribution < 1.29 is 12.8 Å². The van der Waals surface area contributed by atoms with Gasteiger partial charge in [-0.25, -0.2) is 13.4 Å². The molecule has 1 aromatic carbocycles. The molecule has 24 heavy (non-hydrogen) atoms. The van der Waals surface area contributed by atoms with E-state index in [1.54, 1.807) is 18.6 Å². The van der Waals surface area contributed by atoms with Gasteiger partial charge in [-0.05, 0) is 34.4 Å². The lowest BCUT2D eigenvalue weighted by molar-refractivity contribution is 0.341. The summed E-state index contributed by atoms with van der Waals surface area (Å²) in [4.78, 5) is 8.06. The second-order valence-corrected chi connectivity index (χ2v) is 7.70. The summed E-state index contributed by atoms with van der Waals surface area (Å²) in [5.74, 6) is 0.522. The van der Waals surface area contributed by atoms with Crippen molar-refractivity contribution in [2.45, 2.75) is 12.6 Å². The van der Waals surface area contributed by atoms with E-state index in [1.165, 1.54) is 17.0 Å². The number of aromatic nitrogens is 2. The van der Waals surface area contributed by atoms with Crippen molar-refractivity contribution in [2.24, 2.45) is 0 Å². The third-order valence-corrected chi connectivity index (χ3v) is 5.39. The molecule has 0 radical (unpaired) electrons. The van der Waals surface area contributed by atoms with Crippen molar-refractivity contribution >= 4 is 10.0 Å². The van der Waals surface area contributed by atoms with Crippen LogP contribution in [0.4, 0.5) is 0 Å². The zero-order valence-corrected chi connectivity index (χ0v) is 13.8. The number of sulfonamides is 1. The van der Waals surface area contributed by atoms with E-state index in [9.17, 15) is 8.42 Å². The Hall–Kier alpha value is -2.51. The molecule has 0 bridgehead atoms. The molecule has 0 amide bonds. The Morgan fingerprint density at radius 1 is 1.17 bits per heavy atom. The van der Waals surface area contributed by atoms with Crippen LogP contribution >= 0.6 is 0 Å². The van der Waals surface area contributed by atoms with Gasteiger partial charge in [0.25, 0.3) is 0 Å². The molecular weight excluding hydrogens is 326 g/mol. The number of benzene rings is 1. The van der Waals surface area contributed by atoms with Gasteiger partial charge in [0, 0.05) is 18.9 Å². The van der Waals surface area contributed by atoms with E-state index in [2.05, 4.69) is 9.97 Å². The maximum Gasteiger partial charge on any atom is 0.212 e. The molecule has 0 saturated heterocycles. The summed E-state index contributed by atoms with van der Waals surface area (Å²) in [6.07, 6.45) is 7.61. The predicted molar refractivity (Wildman–Crippen MR) is 88.4 cm³/mol. The fourth-order valence-electron chi connectivity index (χ4n) is 3.10. The van der Waals surface area contributed by atoms with Gasteiger partial charge in [-0.3, -0.25) is 4.98 Å². The van der Waals surface area contributed by atoms with Crippen molar-refractivity contribution in [1.82, 2.24) is 14.3 Å². The number of pyridine rings is 1. The number of rotatable bonds is 3. The van der Waals surface area contributed by atoms with Gasteiger partial charge >= 0.3 is 0 Å². The minimum absolute atomic E-state index is 0.313. The maximum atomic E-state index is 12.2. The van der Waals surface area contributed by atoms with E-state index >= 15 is 0 Å². The molecule has 1 atom stereocenters. The van der Waals surface area contributed by atoms with Crippen molar-refractivity contribution in [1.29, 1.82) is 0 Å². The first kappa shape index (κ1) is 15.0. The quantitative estimate of drug-likeness (QED) is 0.732. The maximum absolute atomic E-state index is 12.2. The van der Waals surface area contributed by atoms with Crippen LogP contribution in [0.5, 0.6) is 0 Å². The van der Waals surface area contributed by atoms with Crippen LogP contribution in [0.2, 0.25) is 0 Å². The molecule has 3 heterocycles. The largest absolute Gasteiger partial charge is 0.446 e. The Morgan fingerprint density at radius 2 is 2.04 bits per heavy atom.